The highest BCUT2D eigenvalue weighted by Crippen LogP contribution is 2.39. The van der Waals surface area contributed by atoms with Gasteiger partial charge in [0.05, 0.1) is 11.4 Å². The Morgan fingerprint density at radius 1 is 0.333 bits per heavy atom. The van der Waals surface area contributed by atoms with Crippen LogP contribution >= 0.6 is 0 Å². The van der Waals surface area contributed by atoms with Crippen molar-refractivity contribution in [2.45, 2.75) is 0 Å². The topological polar surface area (TPSA) is 38.9 Å². The summed E-state index contributed by atoms with van der Waals surface area (Å²) < 4.78 is 6.17. The van der Waals surface area contributed by atoms with Gasteiger partial charge in [-0.25, -0.2) is 9.97 Å². The van der Waals surface area contributed by atoms with Crippen molar-refractivity contribution in [2.75, 3.05) is 0 Å². The van der Waals surface area contributed by atoms with Gasteiger partial charge in [0.25, 0.3) is 0 Å². The molecule has 2 aromatic heterocycles. The quantitative estimate of drug-likeness (QED) is 0.174. The summed E-state index contributed by atoms with van der Waals surface area (Å²) in [5.41, 5.74) is 11.3. The van der Waals surface area contributed by atoms with Crippen molar-refractivity contribution >= 4 is 43.5 Å². The Balaban J connectivity index is 1.06. The monoisotopic (exact) mass is 650 g/mol. The highest BCUT2D eigenvalue weighted by Gasteiger charge is 2.15. The molecule has 3 heteroatoms. The predicted octanol–water partition coefficient (Wildman–Crippen LogP) is 13.0. The van der Waals surface area contributed by atoms with Crippen LogP contribution in [0.25, 0.3) is 99.6 Å². The lowest BCUT2D eigenvalue weighted by Crippen LogP contribution is -1.96. The van der Waals surface area contributed by atoms with Crippen molar-refractivity contribution in [2.24, 2.45) is 0 Å². The summed E-state index contributed by atoms with van der Waals surface area (Å²) in [4.78, 5) is 10.2. The van der Waals surface area contributed by atoms with Crippen LogP contribution < -0.4 is 0 Å². The fourth-order valence-electron chi connectivity index (χ4n) is 7.41. The SMILES string of the molecule is c1ccc(-c2nc(-c3ccc(-c4cc5ccccc5c5ccccc45)cc3)cc(-c3ccc(-c4cccc5oc6ccccc6c45)cc3)n2)cc1. The third kappa shape index (κ3) is 5.06. The molecule has 51 heavy (non-hydrogen) atoms. The largest absolute Gasteiger partial charge is 0.456 e. The molecule has 0 aliphatic rings. The Hall–Kier alpha value is -6.84. The minimum atomic E-state index is 0.700. The lowest BCUT2D eigenvalue weighted by molar-refractivity contribution is 0.669. The molecule has 0 aliphatic carbocycles. The summed E-state index contributed by atoms with van der Waals surface area (Å²) in [7, 11) is 0. The first-order valence-electron chi connectivity index (χ1n) is 17.2. The summed E-state index contributed by atoms with van der Waals surface area (Å²) in [5, 5.41) is 7.29. The van der Waals surface area contributed by atoms with Crippen molar-refractivity contribution in [3.8, 4) is 56.2 Å². The van der Waals surface area contributed by atoms with Gasteiger partial charge in [-0.15, -0.1) is 0 Å². The van der Waals surface area contributed by atoms with Gasteiger partial charge in [0, 0.05) is 27.5 Å². The average Bonchev–Trinajstić information content (AvgIpc) is 3.60. The van der Waals surface area contributed by atoms with E-state index in [4.69, 9.17) is 14.4 Å². The second-order valence-corrected chi connectivity index (χ2v) is 13.0. The van der Waals surface area contributed by atoms with Gasteiger partial charge in [0.1, 0.15) is 11.2 Å². The van der Waals surface area contributed by atoms with Crippen LogP contribution in [0, 0.1) is 0 Å². The van der Waals surface area contributed by atoms with Crippen LogP contribution in [-0.2, 0) is 0 Å². The van der Waals surface area contributed by atoms with Gasteiger partial charge >= 0.3 is 0 Å². The van der Waals surface area contributed by atoms with Crippen LogP contribution in [0.4, 0.5) is 0 Å². The number of hydrogen-bond acceptors (Lipinski definition) is 3. The molecular weight excluding hydrogens is 621 g/mol. The third-order valence-corrected chi connectivity index (χ3v) is 9.91. The summed E-state index contributed by atoms with van der Waals surface area (Å²) in [6.07, 6.45) is 0. The fraction of sp³-hybridized carbons (Fsp3) is 0. The van der Waals surface area contributed by atoms with E-state index in [2.05, 4.69) is 146 Å². The summed E-state index contributed by atoms with van der Waals surface area (Å²) in [6.45, 7) is 0. The lowest BCUT2D eigenvalue weighted by atomic mass is 9.92. The zero-order chi connectivity index (χ0) is 33.7. The van der Waals surface area contributed by atoms with E-state index in [1.165, 1.54) is 32.7 Å². The zero-order valence-corrected chi connectivity index (χ0v) is 27.6. The third-order valence-electron chi connectivity index (χ3n) is 9.91. The van der Waals surface area contributed by atoms with E-state index in [1.54, 1.807) is 0 Å². The van der Waals surface area contributed by atoms with Crippen molar-refractivity contribution < 1.29 is 4.42 Å². The van der Waals surface area contributed by atoms with Gasteiger partial charge in [-0.1, -0.05) is 158 Å². The number of fused-ring (bicyclic) bond motifs is 6. The van der Waals surface area contributed by atoms with E-state index in [1.807, 2.05) is 36.4 Å². The van der Waals surface area contributed by atoms with Crippen molar-refractivity contribution in [1.29, 1.82) is 0 Å². The first kappa shape index (κ1) is 29.1. The number of furan rings is 1. The number of hydrogen-bond donors (Lipinski definition) is 0. The lowest BCUT2D eigenvalue weighted by Gasteiger charge is -2.13. The maximum atomic E-state index is 6.17. The molecule has 10 rings (SSSR count). The van der Waals surface area contributed by atoms with Gasteiger partial charge in [-0.2, -0.15) is 0 Å². The Morgan fingerprint density at radius 3 is 1.61 bits per heavy atom. The number of benzene rings is 8. The highest BCUT2D eigenvalue weighted by molar-refractivity contribution is 6.14. The van der Waals surface area contributed by atoms with Crippen LogP contribution in [0.1, 0.15) is 0 Å². The summed E-state index contributed by atoms with van der Waals surface area (Å²) in [6, 6.07) is 63.9. The first-order valence-corrected chi connectivity index (χ1v) is 17.2. The Kier molecular flexibility index (Phi) is 6.81. The predicted molar refractivity (Wildman–Crippen MR) is 212 cm³/mol. The summed E-state index contributed by atoms with van der Waals surface area (Å²) >= 11 is 0. The number of aromatic nitrogens is 2. The van der Waals surface area contributed by atoms with Crippen LogP contribution in [0.2, 0.25) is 0 Å². The van der Waals surface area contributed by atoms with Crippen LogP contribution in [0.15, 0.2) is 186 Å². The molecule has 10 aromatic rings. The van der Waals surface area contributed by atoms with E-state index in [0.29, 0.717) is 5.82 Å². The van der Waals surface area contributed by atoms with E-state index in [0.717, 1.165) is 61.1 Å². The average molecular weight is 651 g/mol. The molecule has 0 spiro atoms. The first-order chi connectivity index (χ1) is 25.3. The van der Waals surface area contributed by atoms with Crippen LogP contribution in [-0.4, -0.2) is 9.97 Å². The molecule has 238 valence electrons. The Labute approximate surface area is 295 Å². The van der Waals surface area contributed by atoms with Crippen LogP contribution in [0.5, 0.6) is 0 Å². The molecule has 3 nitrogen and oxygen atoms in total. The molecule has 0 saturated heterocycles. The molecule has 8 aromatic carbocycles. The number of rotatable bonds is 5. The molecule has 0 unspecified atom stereocenters. The summed E-state index contributed by atoms with van der Waals surface area (Å²) in [5.74, 6) is 0.700. The smallest absolute Gasteiger partial charge is 0.160 e. The standard InChI is InChI=1S/C48H30N2O/c1-2-11-35(12-3-1)48-49-43(33-25-21-31(22-26-33)38-18-10-20-46-47(38)41-17-8-9-19-45(41)51-46)30-44(50-48)34-27-23-32(24-28-34)42-29-36-13-4-5-14-37(36)39-15-6-7-16-40(39)42/h1-30H. The highest BCUT2D eigenvalue weighted by atomic mass is 16.3. The Bertz CT molecular complexity index is 2890. The van der Waals surface area contributed by atoms with Gasteiger partial charge in [0.15, 0.2) is 5.82 Å². The maximum absolute atomic E-state index is 6.17. The van der Waals surface area contributed by atoms with Gasteiger partial charge < -0.3 is 4.42 Å². The molecule has 0 saturated carbocycles. The number of nitrogens with zero attached hydrogens (tertiary/aromatic N) is 2. The molecule has 0 bridgehead atoms. The maximum Gasteiger partial charge on any atom is 0.160 e. The van der Waals surface area contributed by atoms with Crippen molar-refractivity contribution in [1.82, 2.24) is 9.97 Å². The molecular formula is C48H30N2O. The van der Waals surface area contributed by atoms with Gasteiger partial charge in [-0.3, -0.25) is 0 Å². The van der Waals surface area contributed by atoms with Gasteiger partial charge in [0.2, 0.25) is 0 Å². The molecule has 2 heterocycles. The van der Waals surface area contributed by atoms with E-state index < -0.39 is 0 Å². The second-order valence-electron chi connectivity index (χ2n) is 13.0. The Morgan fingerprint density at radius 2 is 0.882 bits per heavy atom. The minimum absolute atomic E-state index is 0.700. The fourth-order valence-corrected chi connectivity index (χ4v) is 7.41. The molecule has 0 atom stereocenters. The molecule has 0 fully saturated rings. The van der Waals surface area contributed by atoms with Crippen molar-refractivity contribution in [3.05, 3.63) is 182 Å². The van der Waals surface area contributed by atoms with Crippen LogP contribution in [0.3, 0.4) is 0 Å². The van der Waals surface area contributed by atoms with Gasteiger partial charge in [-0.05, 0) is 68.1 Å². The minimum Gasteiger partial charge on any atom is -0.456 e. The molecule has 0 aliphatic heterocycles. The second kappa shape index (κ2) is 11.9. The molecule has 0 amide bonds. The normalized spacial score (nSPS) is 11.5. The van der Waals surface area contributed by atoms with Crippen molar-refractivity contribution in [3.63, 3.8) is 0 Å². The molecule has 0 radical (unpaired) electrons. The molecule has 0 N–H and O–H groups in total. The van der Waals surface area contributed by atoms with E-state index in [-0.39, 0.29) is 0 Å². The van der Waals surface area contributed by atoms with E-state index in [9.17, 15) is 0 Å². The van der Waals surface area contributed by atoms with E-state index >= 15 is 0 Å². The zero-order valence-electron chi connectivity index (χ0n) is 27.6. The number of para-hydroxylation sites is 1.